The number of fused-ring (bicyclic) bond motifs is 1. The van der Waals surface area contributed by atoms with Crippen molar-refractivity contribution in [2.45, 2.75) is 69.7 Å². The van der Waals surface area contributed by atoms with Gasteiger partial charge in [0.05, 0.1) is 17.0 Å². The number of nitrogens with zero attached hydrogens (tertiary/aromatic N) is 1. The Balaban J connectivity index is 1.86. The fourth-order valence-corrected chi connectivity index (χ4v) is 6.64. The molecule has 0 aromatic heterocycles. The van der Waals surface area contributed by atoms with Crippen LogP contribution in [-0.4, -0.2) is 85.5 Å². The molecule has 11 nitrogen and oxygen atoms in total. The van der Waals surface area contributed by atoms with Crippen LogP contribution in [0.25, 0.3) is 0 Å². The van der Waals surface area contributed by atoms with Crippen molar-refractivity contribution in [3.63, 3.8) is 0 Å². The summed E-state index contributed by atoms with van der Waals surface area (Å²) < 4.78 is 44.9. The summed E-state index contributed by atoms with van der Waals surface area (Å²) in [5, 5.41) is 17.0. The minimum Gasteiger partial charge on any atom is -0.454 e. The van der Waals surface area contributed by atoms with Crippen LogP contribution in [0.5, 0.6) is 11.5 Å². The van der Waals surface area contributed by atoms with Crippen molar-refractivity contribution in [1.82, 2.24) is 14.9 Å². The summed E-state index contributed by atoms with van der Waals surface area (Å²) in [5.74, 6) is 0.478. The predicted molar refractivity (Wildman–Crippen MR) is 166 cm³/mol. The number of rotatable bonds is 14. The number of carbonyl (C=O) groups excluding carboxylic acids is 2. The van der Waals surface area contributed by atoms with Crippen molar-refractivity contribution in [1.29, 1.82) is 0 Å². The molecule has 0 spiro atoms. The van der Waals surface area contributed by atoms with Crippen LogP contribution in [0.1, 0.15) is 40.2 Å². The molecule has 0 aliphatic carbocycles. The Bertz CT molecular complexity index is 1330. The van der Waals surface area contributed by atoms with Crippen molar-refractivity contribution in [2.24, 2.45) is 5.92 Å². The quantitative estimate of drug-likeness (QED) is 0.284. The maximum Gasteiger partial charge on any atom is 0.408 e. The SMILES string of the molecule is CSCC(NC(=O)OC(C)(C)C)C(=O)NC(Cc1ccccc1)C(O)CN(CC(C)C)S(=O)(=O)c1ccc2c(c1)OCO2. The molecular weight excluding hydrogens is 594 g/mol. The highest BCUT2D eigenvalue weighted by Gasteiger charge is 2.34. The first-order valence-electron chi connectivity index (χ1n) is 14.1. The Morgan fingerprint density at radius 1 is 1.05 bits per heavy atom. The van der Waals surface area contributed by atoms with E-state index >= 15 is 0 Å². The largest absolute Gasteiger partial charge is 0.454 e. The molecule has 3 rings (SSSR count). The average molecular weight is 638 g/mol. The van der Waals surface area contributed by atoms with E-state index in [4.69, 9.17) is 14.2 Å². The Labute approximate surface area is 258 Å². The number of ether oxygens (including phenoxy) is 3. The number of benzene rings is 2. The van der Waals surface area contributed by atoms with E-state index in [1.54, 1.807) is 33.1 Å². The average Bonchev–Trinajstić information content (AvgIpc) is 3.39. The van der Waals surface area contributed by atoms with Crippen molar-refractivity contribution < 1.29 is 37.3 Å². The van der Waals surface area contributed by atoms with Gasteiger partial charge in [0.25, 0.3) is 0 Å². The van der Waals surface area contributed by atoms with Crippen molar-refractivity contribution >= 4 is 33.8 Å². The summed E-state index contributed by atoms with van der Waals surface area (Å²) in [5.41, 5.74) is 0.0854. The predicted octanol–water partition coefficient (Wildman–Crippen LogP) is 3.41. The lowest BCUT2D eigenvalue weighted by Crippen LogP contribution is -2.56. The van der Waals surface area contributed by atoms with E-state index in [-0.39, 0.29) is 42.9 Å². The second-order valence-corrected chi connectivity index (χ2v) is 14.6. The van der Waals surface area contributed by atoms with Crippen LogP contribution in [0, 0.1) is 5.92 Å². The molecule has 0 saturated carbocycles. The van der Waals surface area contributed by atoms with Crippen LogP contribution >= 0.6 is 11.8 Å². The number of alkyl carbamates (subject to hydrolysis) is 1. The molecule has 1 aliphatic rings. The number of aliphatic hydroxyl groups is 1. The topological polar surface area (TPSA) is 143 Å². The van der Waals surface area contributed by atoms with Crippen LogP contribution in [0.2, 0.25) is 0 Å². The minimum atomic E-state index is -4.06. The van der Waals surface area contributed by atoms with Gasteiger partial charge in [0.15, 0.2) is 11.5 Å². The monoisotopic (exact) mass is 637 g/mol. The zero-order chi connectivity index (χ0) is 31.8. The van der Waals surface area contributed by atoms with E-state index in [0.29, 0.717) is 11.5 Å². The lowest BCUT2D eigenvalue weighted by molar-refractivity contribution is -0.124. The van der Waals surface area contributed by atoms with Gasteiger partial charge in [-0.3, -0.25) is 4.79 Å². The molecule has 1 heterocycles. The molecule has 13 heteroatoms. The second-order valence-electron chi connectivity index (χ2n) is 11.8. The van der Waals surface area contributed by atoms with E-state index in [0.717, 1.165) is 5.56 Å². The summed E-state index contributed by atoms with van der Waals surface area (Å²) in [4.78, 5) is 25.9. The first kappa shape index (κ1) is 34.5. The second kappa shape index (κ2) is 15.1. The van der Waals surface area contributed by atoms with E-state index in [1.807, 2.05) is 44.2 Å². The van der Waals surface area contributed by atoms with Gasteiger partial charge >= 0.3 is 6.09 Å². The van der Waals surface area contributed by atoms with Gasteiger partial charge in [-0.25, -0.2) is 13.2 Å². The summed E-state index contributed by atoms with van der Waals surface area (Å²) >= 11 is 1.36. The van der Waals surface area contributed by atoms with Gasteiger partial charge in [-0.05, 0) is 57.1 Å². The van der Waals surface area contributed by atoms with Crippen molar-refractivity contribution in [3.05, 3.63) is 54.1 Å². The van der Waals surface area contributed by atoms with Gasteiger partial charge in [-0.15, -0.1) is 0 Å². The summed E-state index contributed by atoms with van der Waals surface area (Å²) in [7, 11) is -4.06. The fraction of sp³-hybridized carbons (Fsp3) is 0.533. The van der Waals surface area contributed by atoms with Crippen LogP contribution in [0.15, 0.2) is 53.4 Å². The van der Waals surface area contributed by atoms with Crippen LogP contribution in [0.4, 0.5) is 4.79 Å². The smallest absolute Gasteiger partial charge is 0.408 e. The van der Waals surface area contributed by atoms with Crippen molar-refractivity contribution in [2.75, 3.05) is 31.9 Å². The minimum absolute atomic E-state index is 0.00837. The lowest BCUT2D eigenvalue weighted by Gasteiger charge is -2.31. The van der Waals surface area contributed by atoms with Gasteiger partial charge in [-0.2, -0.15) is 16.1 Å². The Kier molecular flexibility index (Phi) is 12.1. The highest BCUT2D eigenvalue weighted by atomic mass is 32.2. The molecule has 2 aromatic carbocycles. The normalized spacial score (nSPS) is 15.2. The third-order valence-corrected chi connectivity index (χ3v) is 8.87. The molecule has 0 bridgehead atoms. The third kappa shape index (κ3) is 10.3. The molecule has 238 valence electrons. The number of thioether (sulfide) groups is 1. The molecule has 1 aliphatic heterocycles. The Morgan fingerprint density at radius 2 is 1.72 bits per heavy atom. The molecule has 0 fully saturated rings. The molecule has 0 radical (unpaired) electrons. The van der Waals surface area contributed by atoms with Gasteiger partial charge in [0, 0.05) is 24.9 Å². The molecule has 3 atom stereocenters. The molecular formula is C30H43N3O8S2. The highest BCUT2D eigenvalue weighted by molar-refractivity contribution is 7.98. The number of hydrogen-bond donors (Lipinski definition) is 3. The lowest BCUT2D eigenvalue weighted by atomic mass is 10.0. The fourth-order valence-electron chi connectivity index (χ4n) is 4.43. The zero-order valence-corrected chi connectivity index (χ0v) is 27.2. The number of carbonyl (C=O) groups is 2. The highest BCUT2D eigenvalue weighted by Crippen LogP contribution is 2.35. The number of hydrogen-bond acceptors (Lipinski definition) is 9. The molecule has 0 saturated heterocycles. The van der Waals surface area contributed by atoms with Gasteiger partial charge in [0.2, 0.25) is 22.7 Å². The van der Waals surface area contributed by atoms with Crippen LogP contribution in [0.3, 0.4) is 0 Å². The number of aliphatic hydroxyl groups excluding tert-OH is 1. The summed E-state index contributed by atoms with van der Waals surface area (Å²) in [6, 6.07) is 11.8. The molecule has 43 heavy (non-hydrogen) atoms. The zero-order valence-electron chi connectivity index (χ0n) is 25.5. The van der Waals surface area contributed by atoms with Gasteiger partial charge in [-0.1, -0.05) is 44.2 Å². The maximum absolute atomic E-state index is 13.8. The van der Waals surface area contributed by atoms with Crippen molar-refractivity contribution in [3.8, 4) is 11.5 Å². The molecule has 2 amide bonds. The Morgan fingerprint density at radius 3 is 2.35 bits per heavy atom. The van der Waals surface area contributed by atoms with Gasteiger partial charge < -0.3 is 30.0 Å². The van der Waals surface area contributed by atoms with E-state index < -0.39 is 45.8 Å². The molecule has 3 unspecified atom stereocenters. The summed E-state index contributed by atoms with van der Waals surface area (Å²) in [6.07, 6.45) is 0.00658. The standard InChI is InChI=1S/C30H43N3O8S2/c1-20(2)16-33(43(37,38)22-12-13-26-27(15-22)40-19-39-26)17-25(34)23(14-21-10-8-7-9-11-21)31-28(35)24(18-42-6)32-29(36)41-30(3,4)5/h7-13,15,20,23-25,34H,14,16-19H2,1-6H3,(H,31,35)(H,32,36). The Hall–Kier alpha value is -3.00. The van der Waals surface area contributed by atoms with E-state index in [9.17, 15) is 23.1 Å². The first-order chi connectivity index (χ1) is 20.2. The number of amides is 2. The molecule has 3 N–H and O–H groups in total. The van der Waals surface area contributed by atoms with Crippen LogP contribution in [-0.2, 0) is 26.0 Å². The third-order valence-electron chi connectivity index (χ3n) is 6.37. The number of nitrogens with one attached hydrogen (secondary N) is 2. The van der Waals surface area contributed by atoms with Crippen LogP contribution < -0.4 is 20.1 Å². The maximum atomic E-state index is 13.8. The van der Waals surface area contributed by atoms with E-state index in [2.05, 4.69) is 10.6 Å². The molecule has 2 aromatic rings. The van der Waals surface area contributed by atoms with Gasteiger partial charge in [0.1, 0.15) is 11.6 Å². The van der Waals surface area contributed by atoms with E-state index in [1.165, 1.54) is 28.2 Å². The number of sulfonamides is 1. The first-order valence-corrected chi connectivity index (χ1v) is 16.9. The summed E-state index contributed by atoms with van der Waals surface area (Å²) in [6.45, 7) is 8.80.